The number of nitrogens with zero attached hydrogens (tertiary/aromatic N) is 2. The third kappa shape index (κ3) is 4.97. The molecule has 22 heavy (non-hydrogen) atoms. The molecule has 8 nitrogen and oxygen atoms in total. The van der Waals surface area contributed by atoms with Crippen LogP contribution in [0.5, 0.6) is 0 Å². The van der Waals surface area contributed by atoms with Crippen LogP contribution >= 0.6 is 0 Å². The Morgan fingerprint density at radius 1 is 1.36 bits per heavy atom. The van der Waals surface area contributed by atoms with Gasteiger partial charge < -0.3 is 24.7 Å². The minimum absolute atomic E-state index is 0.115. The number of carbonyl (C=O) groups excluding carboxylic acids is 1. The molecular formula is C14H19N3O5. The molecule has 0 aliphatic heterocycles. The monoisotopic (exact) mass is 309 g/mol. The number of rotatable bonds is 7. The second-order valence-electron chi connectivity index (χ2n) is 4.01. The van der Waals surface area contributed by atoms with Gasteiger partial charge in [0.1, 0.15) is 11.5 Å². The molecule has 0 radical (unpaired) electrons. The highest BCUT2D eigenvalue weighted by Crippen LogP contribution is 2.08. The predicted octanol–water partition coefficient (Wildman–Crippen LogP) is 1.65. The number of nitrogens with two attached hydrogens (primary N) is 1. The number of hydrogen-bond acceptors (Lipinski definition) is 7. The van der Waals surface area contributed by atoms with Gasteiger partial charge in [-0.1, -0.05) is 0 Å². The summed E-state index contributed by atoms with van der Waals surface area (Å²) in [5.74, 6) is -0.641. The highest BCUT2D eigenvalue weighted by molar-refractivity contribution is 6.18. The van der Waals surface area contributed by atoms with Gasteiger partial charge in [-0.15, -0.1) is 5.10 Å². The van der Waals surface area contributed by atoms with Gasteiger partial charge in [0.05, 0.1) is 19.4 Å². The van der Waals surface area contributed by atoms with E-state index in [1.54, 1.807) is 32.9 Å². The molecule has 120 valence electrons. The maximum Gasteiger partial charge on any atom is 0.349 e. The molecule has 1 heterocycles. The van der Waals surface area contributed by atoms with Gasteiger partial charge in [-0.2, -0.15) is 5.10 Å². The van der Waals surface area contributed by atoms with E-state index in [1.807, 2.05) is 0 Å². The maximum absolute atomic E-state index is 11.8. The van der Waals surface area contributed by atoms with E-state index in [9.17, 15) is 9.90 Å². The van der Waals surface area contributed by atoms with Crippen molar-refractivity contribution in [3.8, 4) is 0 Å². The number of hydrogen-bond donors (Lipinski definition) is 2. The Kier molecular flexibility index (Phi) is 6.68. The molecule has 0 aliphatic rings. The molecule has 3 N–H and O–H groups in total. The lowest BCUT2D eigenvalue weighted by atomic mass is 10.2. The lowest BCUT2D eigenvalue weighted by molar-refractivity contribution is -0.138. The SMILES string of the molecule is CCOC(=O)C(C(N)=N/N=C\c1ccc(C)o1)=C(O)OCC. The molecule has 1 rings (SSSR count). The molecule has 0 atom stereocenters. The van der Waals surface area contributed by atoms with Gasteiger partial charge >= 0.3 is 5.97 Å². The Hall–Kier alpha value is -2.77. The van der Waals surface area contributed by atoms with Crippen molar-refractivity contribution in [3.63, 3.8) is 0 Å². The summed E-state index contributed by atoms with van der Waals surface area (Å²) in [5, 5.41) is 17.1. The molecule has 0 fully saturated rings. The van der Waals surface area contributed by atoms with Gasteiger partial charge in [-0.05, 0) is 32.9 Å². The second kappa shape index (κ2) is 8.50. The van der Waals surface area contributed by atoms with E-state index < -0.39 is 11.9 Å². The summed E-state index contributed by atoms with van der Waals surface area (Å²) in [6.45, 7) is 5.32. The van der Waals surface area contributed by atoms with Crippen molar-refractivity contribution >= 4 is 18.0 Å². The van der Waals surface area contributed by atoms with Crippen molar-refractivity contribution in [2.75, 3.05) is 13.2 Å². The highest BCUT2D eigenvalue weighted by atomic mass is 16.6. The van der Waals surface area contributed by atoms with Crippen LogP contribution in [0.1, 0.15) is 25.4 Å². The number of aliphatic hydroxyl groups is 1. The molecule has 0 aliphatic carbocycles. The van der Waals surface area contributed by atoms with Crippen LogP contribution in [0.15, 0.2) is 38.3 Å². The number of aliphatic hydroxyl groups excluding tert-OH is 1. The van der Waals surface area contributed by atoms with Crippen LogP contribution in [-0.2, 0) is 14.3 Å². The van der Waals surface area contributed by atoms with Crippen LogP contribution in [-0.4, -0.2) is 36.3 Å². The minimum atomic E-state index is -0.848. The lowest BCUT2D eigenvalue weighted by Gasteiger charge is -2.08. The third-order valence-corrected chi connectivity index (χ3v) is 2.34. The fourth-order valence-electron chi connectivity index (χ4n) is 1.43. The van der Waals surface area contributed by atoms with Crippen molar-refractivity contribution in [3.05, 3.63) is 35.2 Å². The van der Waals surface area contributed by atoms with Crippen molar-refractivity contribution in [1.82, 2.24) is 0 Å². The van der Waals surface area contributed by atoms with Crippen LogP contribution in [0.25, 0.3) is 0 Å². The third-order valence-electron chi connectivity index (χ3n) is 2.34. The summed E-state index contributed by atoms with van der Waals surface area (Å²) in [5.41, 5.74) is 5.28. The fraction of sp³-hybridized carbons (Fsp3) is 0.357. The summed E-state index contributed by atoms with van der Waals surface area (Å²) in [4.78, 5) is 11.8. The Bertz CT molecular complexity index is 601. The van der Waals surface area contributed by atoms with Crippen LogP contribution in [0, 0.1) is 6.92 Å². The average Bonchev–Trinajstić information content (AvgIpc) is 2.85. The maximum atomic E-state index is 11.8. The summed E-state index contributed by atoms with van der Waals surface area (Å²) >= 11 is 0. The standard InChI is InChI=1S/C14H19N3O5/c1-4-20-13(18)11(14(19)21-5-2)12(15)17-16-8-10-7-6-9(3)22-10/h6-8,18H,4-5H2,1-3H3,(H2,15,17)/b13-11?,16-8-. The first-order chi connectivity index (χ1) is 10.5. The topological polar surface area (TPSA) is 120 Å². The first-order valence-corrected chi connectivity index (χ1v) is 6.66. The highest BCUT2D eigenvalue weighted by Gasteiger charge is 2.22. The van der Waals surface area contributed by atoms with E-state index in [-0.39, 0.29) is 24.6 Å². The normalized spacial score (nSPS) is 13.1. The van der Waals surface area contributed by atoms with Crippen LogP contribution in [0.3, 0.4) is 0 Å². The first-order valence-electron chi connectivity index (χ1n) is 6.66. The van der Waals surface area contributed by atoms with Gasteiger partial charge in [0, 0.05) is 0 Å². The molecule has 1 aromatic rings. The largest absolute Gasteiger partial charge is 0.480 e. The lowest BCUT2D eigenvalue weighted by Crippen LogP contribution is -2.25. The Balaban J connectivity index is 2.98. The smallest absolute Gasteiger partial charge is 0.349 e. The molecule has 0 saturated carbocycles. The van der Waals surface area contributed by atoms with E-state index in [2.05, 4.69) is 10.2 Å². The number of ether oxygens (including phenoxy) is 2. The molecule has 0 saturated heterocycles. The predicted molar refractivity (Wildman–Crippen MR) is 80.6 cm³/mol. The minimum Gasteiger partial charge on any atom is -0.480 e. The second-order valence-corrected chi connectivity index (χ2v) is 4.01. The number of amidine groups is 1. The summed E-state index contributed by atoms with van der Waals surface area (Å²) < 4.78 is 14.9. The van der Waals surface area contributed by atoms with Crippen molar-refractivity contribution < 1.29 is 23.8 Å². The zero-order valence-electron chi connectivity index (χ0n) is 12.7. The zero-order valence-corrected chi connectivity index (χ0v) is 12.7. The fourth-order valence-corrected chi connectivity index (χ4v) is 1.43. The van der Waals surface area contributed by atoms with E-state index in [1.165, 1.54) is 6.21 Å². The number of furan rings is 1. The summed E-state index contributed by atoms with van der Waals surface area (Å²) in [7, 11) is 0. The average molecular weight is 309 g/mol. The van der Waals surface area contributed by atoms with Gasteiger partial charge in [-0.25, -0.2) is 4.79 Å². The molecule has 0 unspecified atom stereocenters. The number of carbonyl (C=O) groups is 1. The van der Waals surface area contributed by atoms with Gasteiger partial charge in [0.25, 0.3) is 5.95 Å². The number of esters is 1. The molecular weight excluding hydrogens is 290 g/mol. The molecule has 0 spiro atoms. The quantitative estimate of drug-likeness (QED) is 0.197. The van der Waals surface area contributed by atoms with E-state index in [0.29, 0.717) is 5.76 Å². The van der Waals surface area contributed by atoms with Crippen molar-refractivity contribution in [2.45, 2.75) is 20.8 Å². The van der Waals surface area contributed by atoms with Crippen LogP contribution < -0.4 is 5.73 Å². The van der Waals surface area contributed by atoms with Crippen LogP contribution in [0.4, 0.5) is 0 Å². The molecule has 8 heteroatoms. The Labute approximate surface area is 127 Å². The van der Waals surface area contributed by atoms with E-state index in [4.69, 9.17) is 19.6 Å². The van der Waals surface area contributed by atoms with E-state index >= 15 is 0 Å². The molecule has 1 aromatic heterocycles. The zero-order chi connectivity index (χ0) is 16.5. The van der Waals surface area contributed by atoms with Gasteiger partial charge in [-0.3, -0.25) is 0 Å². The van der Waals surface area contributed by atoms with Crippen LogP contribution in [0.2, 0.25) is 0 Å². The van der Waals surface area contributed by atoms with Gasteiger partial charge in [0.15, 0.2) is 11.4 Å². The Morgan fingerprint density at radius 3 is 2.59 bits per heavy atom. The molecule has 0 amide bonds. The first kappa shape index (κ1) is 17.3. The molecule has 0 bridgehead atoms. The van der Waals surface area contributed by atoms with Crippen molar-refractivity contribution in [1.29, 1.82) is 0 Å². The van der Waals surface area contributed by atoms with Gasteiger partial charge in [0.2, 0.25) is 0 Å². The summed E-state index contributed by atoms with van der Waals surface area (Å²) in [6.07, 6.45) is 1.32. The van der Waals surface area contributed by atoms with Crippen molar-refractivity contribution in [2.24, 2.45) is 15.9 Å². The summed E-state index contributed by atoms with van der Waals surface area (Å²) in [6, 6.07) is 3.46. The molecule has 0 aromatic carbocycles. The number of aryl methyl sites for hydroxylation is 1. The Morgan fingerprint density at radius 2 is 2.05 bits per heavy atom. The van der Waals surface area contributed by atoms with E-state index in [0.717, 1.165) is 5.76 Å².